The van der Waals surface area contributed by atoms with Crippen molar-refractivity contribution < 1.29 is 0 Å². The van der Waals surface area contributed by atoms with E-state index in [-0.39, 0.29) is 0 Å². The maximum Gasteiger partial charge on any atom is 0.0465 e. The highest BCUT2D eigenvalue weighted by Crippen LogP contribution is 2.30. The molecule has 2 nitrogen and oxygen atoms in total. The summed E-state index contributed by atoms with van der Waals surface area (Å²) in [6, 6.07) is 15.8. The fraction of sp³-hybridized carbons (Fsp3) is 0.368. The Hall–Kier alpha value is -1.80. The van der Waals surface area contributed by atoms with Gasteiger partial charge in [-0.1, -0.05) is 45.0 Å². The van der Waals surface area contributed by atoms with Crippen molar-refractivity contribution in [1.29, 1.82) is 0 Å². The van der Waals surface area contributed by atoms with Crippen molar-refractivity contribution in [3.05, 3.63) is 48.0 Å². The third-order valence-corrected chi connectivity index (χ3v) is 4.17. The first-order valence-electron chi connectivity index (χ1n) is 7.94. The van der Waals surface area contributed by atoms with Crippen LogP contribution in [0, 0.1) is 5.92 Å². The van der Waals surface area contributed by atoms with E-state index in [4.69, 9.17) is 0 Å². The van der Waals surface area contributed by atoms with E-state index in [2.05, 4.69) is 73.5 Å². The highest BCUT2D eigenvalue weighted by Gasteiger charge is 2.16. The first-order chi connectivity index (χ1) is 10.2. The van der Waals surface area contributed by atoms with Crippen LogP contribution in [0.25, 0.3) is 21.8 Å². The maximum atomic E-state index is 3.68. The molecule has 0 aliphatic heterocycles. The zero-order valence-corrected chi connectivity index (χ0v) is 13.1. The number of nitrogens with one attached hydrogen (secondary N) is 2. The fourth-order valence-electron chi connectivity index (χ4n) is 3.10. The molecule has 0 bridgehead atoms. The van der Waals surface area contributed by atoms with Crippen molar-refractivity contribution in [2.24, 2.45) is 5.92 Å². The average Bonchev–Trinajstić information content (AvgIpc) is 2.85. The van der Waals surface area contributed by atoms with Gasteiger partial charge >= 0.3 is 0 Å². The molecule has 0 amide bonds. The highest BCUT2D eigenvalue weighted by molar-refractivity contribution is 6.07. The number of para-hydroxylation sites is 1. The van der Waals surface area contributed by atoms with Crippen LogP contribution in [0.3, 0.4) is 0 Å². The molecule has 0 saturated carbocycles. The molecule has 21 heavy (non-hydrogen) atoms. The Morgan fingerprint density at radius 3 is 2.52 bits per heavy atom. The summed E-state index contributed by atoms with van der Waals surface area (Å²) < 4.78 is 0. The van der Waals surface area contributed by atoms with Crippen molar-refractivity contribution in [2.75, 3.05) is 6.54 Å². The Labute approximate surface area is 126 Å². The van der Waals surface area contributed by atoms with Crippen LogP contribution >= 0.6 is 0 Å². The van der Waals surface area contributed by atoms with Crippen molar-refractivity contribution in [3.63, 3.8) is 0 Å². The zero-order valence-electron chi connectivity index (χ0n) is 13.1. The summed E-state index contributed by atoms with van der Waals surface area (Å²) in [5, 5.41) is 6.32. The van der Waals surface area contributed by atoms with E-state index >= 15 is 0 Å². The van der Waals surface area contributed by atoms with Crippen molar-refractivity contribution in [2.45, 2.75) is 33.2 Å². The molecular formula is C19H24N2. The fourth-order valence-corrected chi connectivity index (χ4v) is 3.10. The number of H-pyrrole nitrogens is 1. The van der Waals surface area contributed by atoms with Crippen molar-refractivity contribution in [1.82, 2.24) is 10.3 Å². The molecule has 0 fully saturated rings. The molecule has 2 N–H and O–H groups in total. The van der Waals surface area contributed by atoms with Gasteiger partial charge in [-0.25, -0.2) is 0 Å². The van der Waals surface area contributed by atoms with Gasteiger partial charge in [0.15, 0.2) is 0 Å². The van der Waals surface area contributed by atoms with E-state index in [1.54, 1.807) is 0 Å². The minimum absolute atomic E-state index is 0.419. The Bertz CT molecular complexity index is 739. The number of aromatic nitrogens is 1. The molecule has 0 saturated heterocycles. The molecule has 0 spiro atoms. The lowest BCUT2D eigenvalue weighted by Gasteiger charge is -2.23. The first kappa shape index (κ1) is 14.2. The van der Waals surface area contributed by atoms with Gasteiger partial charge in [0.2, 0.25) is 0 Å². The van der Waals surface area contributed by atoms with Crippen LogP contribution in [0.1, 0.15) is 38.8 Å². The van der Waals surface area contributed by atoms with Gasteiger partial charge in [0.1, 0.15) is 0 Å². The van der Waals surface area contributed by atoms with E-state index in [1.807, 2.05) is 0 Å². The molecule has 1 heterocycles. The molecule has 0 aliphatic carbocycles. The third-order valence-electron chi connectivity index (χ3n) is 4.17. The number of fused-ring (bicyclic) bond motifs is 3. The van der Waals surface area contributed by atoms with Crippen LogP contribution in [-0.4, -0.2) is 11.5 Å². The number of hydrogen-bond acceptors (Lipinski definition) is 1. The highest BCUT2D eigenvalue weighted by atomic mass is 14.9. The predicted octanol–water partition coefficient (Wildman–Crippen LogP) is 5.02. The summed E-state index contributed by atoms with van der Waals surface area (Å²) in [7, 11) is 0. The molecule has 0 radical (unpaired) electrons. The summed E-state index contributed by atoms with van der Waals surface area (Å²) in [5.74, 6) is 0.583. The standard InChI is InChI=1S/C19H24N2/c1-4-11-20-19(13(2)3)14-9-10-18-16(12-14)15-7-5-6-8-17(15)21-18/h5-10,12-13,19-21H,4,11H2,1-3H3. The Kier molecular flexibility index (Phi) is 3.98. The third kappa shape index (κ3) is 2.68. The van der Waals surface area contributed by atoms with E-state index in [0.29, 0.717) is 12.0 Å². The molecule has 110 valence electrons. The maximum absolute atomic E-state index is 3.68. The van der Waals surface area contributed by atoms with Crippen LogP contribution < -0.4 is 5.32 Å². The monoisotopic (exact) mass is 280 g/mol. The molecule has 1 unspecified atom stereocenters. The van der Waals surface area contributed by atoms with Gasteiger partial charge in [0.25, 0.3) is 0 Å². The second kappa shape index (κ2) is 5.90. The molecule has 3 rings (SSSR count). The average molecular weight is 280 g/mol. The lowest BCUT2D eigenvalue weighted by molar-refractivity contribution is 0.413. The summed E-state index contributed by atoms with van der Waals surface area (Å²) >= 11 is 0. The van der Waals surface area contributed by atoms with Crippen LogP contribution in [0.5, 0.6) is 0 Å². The van der Waals surface area contributed by atoms with Gasteiger partial charge in [-0.15, -0.1) is 0 Å². The van der Waals surface area contributed by atoms with Gasteiger partial charge in [0.05, 0.1) is 0 Å². The second-order valence-electron chi connectivity index (χ2n) is 6.15. The number of benzene rings is 2. The topological polar surface area (TPSA) is 27.8 Å². The Morgan fingerprint density at radius 1 is 1.00 bits per heavy atom. The summed E-state index contributed by atoms with van der Waals surface area (Å²) in [5.41, 5.74) is 3.82. The molecule has 1 aromatic heterocycles. The Morgan fingerprint density at radius 2 is 1.76 bits per heavy atom. The van der Waals surface area contributed by atoms with Gasteiger partial charge < -0.3 is 10.3 Å². The van der Waals surface area contributed by atoms with E-state index in [0.717, 1.165) is 6.54 Å². The largest absolute Gasteiger partial charge is 0.355 e. The lowest BCUT2D eigenvalue weighted by atomic mass is 9.94. The number of rotatable bonds is 5. The summed E-state index contributed by atoms with van der Waals surface area (Å²) in [6.45, 7) is 7.85. The lowest BCUT2D eigenvalue weighted by Crippen LogP contribution is -2.26. The van der Waals surface area contributed by atoms with E-state index in [1.165, 1.54) is 33.8 Å². The molecule has 3 aromatic rings. The molecule has 2 aromatic carbocycles. The van der Waals surface area contributed by atoms with Crippen LogP contribution in [0.4, 0.5) is 0 Å². The SMILES string of the molecule is CCCNC(c1ccc2[nH]c3ccccc3c2c1)C(C)C. The minimum atomic E-state index is 0.419. The van der Waals surface area contributed by atoms with Crippen LogP contribution in [0.2, 0.25) is 0 Å². The van der Waals surface area contributed by atoms with Gasteiger partial charge in [0, 0.05) is 27.8 Å². The molecule has 0 aliphatic rings. The normalized spacial score (nSPS) is 13.3. The van der Waals surface area contributed by atoms with Crippen molar-refractivity contribution in [3.8, 4) is 0 Å². The molecule has 1 atom stereocenters. The van der Waals surface area contributed by atoms with E-state index < -0.39 is 0 Å². The quantitative estimate of drug-likeness (QED) is 0.675. The second-order valence-corrected chi connectivity index (χ2v) is 6.15. The van der Waals surface area contributed by atoms with Crippen molar-refractivity contribution >= 4 is 21.8 Å². The van der Waals surface area contributed by atoms with Crippen LogP contribution in [-0.2, 0) is 0 Å². The molecular weight excluding hydrogens is 256 g/mol. The molecule has 2 heteroatoms. The van der Waals surface area contributed by atoms with Crippen LogP contribution in [0.15, 0.2) is 42.5 Å². The smallest absolute Gasteiger partial charge is 0.0465 e. The predicted molar refractivity (Wildman–Crippen MR) is 91.7 cm³/mol. The zero-order chi connectivity index (χ0) is 14.8. The van der Waals surface area contributed by atoms with Gasteiger partial charge in [-0.3, -0.25) is 0 Å². The van der Waals surface area contributed by atoms with E-state index in [9.17, 15) is 0 Å². The van der Waals surface area contributed by atoms with Gasteiger partial charge in [-0.05, 0) is 42.6 Å². The number of hydrogen-bond donors (Lipinski definition) is 2. The minimum Gasteiger partial charge on any atom is -0.355 e. The summed E-state index contributed by atoms with van der Waals surface area (Å²) in [6.07, 6.45) is 1.17. The number of aromatic amines is 1. The summed E-state index contributed by atoms with van der Waals surface area (Å²) in [4.78, 5) is 3.50. The first-order valence-corrected chi connectivity index (χ1v) is 7.94. The van der Waals surface area contributed by atoms with Gasteiger partial charge in [-0.2, -0.15) is 0 Å². The Balaban J connectivity index is 2.08.